The molecule has 1 saturated carbocycles. The van der Waals surface area contributed by atoms with E-state index in [4.69, 9.17) is 0 Å². The van der Waals surface area contributed by atoms with E-state index in [1.165, 1.54) is 31.2 Å². The fourth-order valence-electron chi connectivity index (χ4n) is 2.56. The summed E-state index contributed by atoms with van der Waals surface area (Å²) in [5.41, 5.74) is 1.58. The minimum absolute atomic E-state index is 0.330. The molecule has 18 heavy (non-hydrogen) atoms. The molecule has 0 bridgehead atoms. The summed E-state index contributed by atoms with van der Waals surface area (Å²) < 4.78 is 0. The summed E-state index contributed by atoms with van der Waals surface area (Å²) in [6.07, 6.45) is 6.09. The second kappa shape index (κ2) is 5.75. The van der Waals surface area contributed by atoms with E-state index in [1.54, 1.807) is 6.07 Å². The maximum absolute atomic E-state index is 9.57. The Morgan fingerprint density at radius 1 is 1.28 bits per heavy atom. The van der Waals surface area contributed by atoms with E-state index in [1.807, 2.05) is 12.1 Å². The van der Waals surface area contributed by atoms with Gasteiger partial charge in [-0.2, -0.15) is 0 Å². The first-order valence-corrected chi connectivity index (χ1v) is 7.19. The van der Waals surface area contributed by atoms with Crippen molar-refractivity contribution in [1.29, 1.82) is 0 Å². The Balaban J connectivity index is 2.03. The zero-order chi connectivity index (χ0) is 13.0. The highest BCUT2D eigenvalue weighted by atomic mass is 16.3. The van der Waals surface area contributed by atoms with E-state index in [-0.39, 0.29) is 0 Å². The lowest BCUT2D eigenvalue weighted by molar-refractivity contribution is 0.245. The fourth-order valence-corrected chi connectivity index (χ4v) is 2.56. The minimum atomic E-state index is 0.330. The number of hydrogen-bond acceptors (Lipinski definition) is 2. The van der Waals surface area contributed by atoms with Crippen molar-refractivity contribution in [1.82, 2.24) is 5.32 Å². The molecule has 2 N–H and O–H groups in total. The lowest BCUT2D eigenvalue weighted by Crippen LogP contribution is -2.36. The summed E-state index contributed by atoms with van der Waals surface area (Å²) >= 11 is 0. The number of nitrogens with one attached hydrogen (secondary N) is 1. The molecular formula is C16H25NO. The predicted octanol–water partition coefficient (Wildman–Crippen LogP) is 3.49. The van der Waals surface area contributed by atoms with Gasteiger partial charge in [0.15, 0.2) is 0 Å². The van der Waals surface area contributed by atoms with Gasteiger partial charge in [-0.25, -0.2) is 0 Å². The van der Waals surface area contributed by atoms with E-state index in [0.29, 0.717) is 11.2 Å². The third kappa shape index (κ3) is 3.49. The monoisotopic (exact) mass is 247 g/mol. The van der Waals surface area contributed by atoms with Crippen molar-refractivity contribution < 1.29 is 5.11 Å². The Morgan fingerprint density at radius 2 is 2.00 bits per heavy atom. The molecule has 0 heterocycles. The molecule has 2 rings (SSSR count). The quantitative estimate of drug-likeness (QED) is 0.773. The van der Waals surface area contributed by atoms with Gasteiger partial charge < -0.3 is 10.4 Å². The summed E-state index contributed by atoms with van der Waals surface area (Å²) in [7, 11) is 0. The van der Waals surface area contributed by atoms with Gasteiger partial charge >= 0.3 is 0 Å². The molecule has 1 aromatic rings. The smallest absolute Gasteiger partial charge is 0.115 e. The summed E-state index contributed by atoms with van der Waals surface area (Å²) in [6.45, 7) is 5.65. The highest BCUT2D eigenvalue weighted by molar-refractivity contribution is 5.28. The van der Waals surface area contributed by atoms with Crippen LogP contribution in [0.5, 0.6) is 5.75 Å². The summed E-state index contributed by atoms with van der Waals surface area (Å²) in [6, 6.07) is 8.47. The number of rotatable bonds is 7. The second-order valence-corrected chi connectivity index (χ2v) is 5.71. The molecule has 2 nitrogen and oxygen atoms in total. The van der Waals surface area contributed by atoms with Gasteiger partial charge in [0, 0.05) is 12.6 Å². The van der Waals surface area contributed by atoms with Gasteiger partial charge in [-0.15, -0.1) is 0 Å². The van der Waals surface area contributed by atoms with Crippen LogP contribution in [0.25, 0.3) is 0 Å². The molecule has 1 aliphatic rings. The zero-order valence-electron chi connectivity index (χ0n) is 11.6. The maximum Gasteiger partial charge on any atom is 0.115 e. The van der Waals surface area contributed by atoms with Crippen molar-refractivity contribution >= 4 is 0 Å². The van der Waals surface area contributed by atoms with E-state index in [2.05, 4.69) is 25.2 Å². The van der Waals surface area contributed by atoms with E-state index in [9.17, 15) is 5.11 Å². The van der Waals surface area contributed by atoms with Crippen molar-refractivity contribution in [2.24, 2.45) is 5.41 Å². The summed E-state index contributed by atoms with van der Waals surface area (Å²) in [5, 5.41) is 13.2. The molecule has 2 heteroatoms. The van der Waals surface area contributed by atoms with Crippen molar-refractivity contribution in [3.05, 3.63) is 29.8 Å². The molecule has 100 valence electrons. The third-order valence-electron chi connectivity index (χ3n) is 4.33. The van der Waals surface area contributed by atoms with Gasteiger partial charge in [-0.1, -0.05) is 26.0 Å². The number of phenols is 1. The van der Waals surface area contributed by atoms with Crippen LogP contribution in [0.15, 0.2) is 24.3 Å². The van der Waals surface area contributed by atoms with Crippen LogP contribution in [0.1, 0.15) is 45.1 Å². The summed E-state index contributed by atoms with van der Waals surface area (Å²) in [4.78, 5) is 0. The van der Waals surface area contributed by atoms with E-state index >= 15 is 0 Å². The Hall–Kier alpha value is -1.02. The van der Waals surface area contributed by atoms with Crippen LogP contribution in [0, 0.1) is 5.41 Å². The Labute approximate surface area is 110 Å². The molecule has 0 amide bonds. The Morgan fingerprint density at radius 3 is 2.56 bits per heavy atom. The van der Waals surface area contributed by atoms with Gasteiger partial charge in [0.05, 0.1) is 0 Å². The van der Waals surface area contributed by atoms with Gasteiger partial charge in [-0.3, -0.25) is 0 Å². The zero-order valence-corrected chi connectivity index (χ0v) is 11.6. The first kappa shape index (κ1) is 13.4. The topological polar surface area (TPSA) is 32.3 Å². The largest absolute Gasteiger partial charge is 0.508 e. The average Bonchev–Trinajstić information content (AvgIpc) is 3.19. The molecule has 0 radical (unpaired) electrons. The molecule has 1 aliphatic carbocycles. The molecule has 1 fully saturated rings. The molecule has 0 spiro atoms. The van der Waals surface area contributed by atoms with Gasteiger partial charge in [0.1, 0.15) is 5.75 Å². The highest BCUT2D eigenvalue weighted by Gasteiger charge is 2.30. The van der Waals surface area contributed by atoms with E-state index < -0.39 is 0 Å². The SMILES string of the molecule is CCC(CC)(CNC1CC1)Cc1cccc(O)c1. The van der Waals surface area contributed by atoms with Gasteiger partial charge in [0.2, 0.25) is 0 Å². The van der Waals surface area contributed by atoms with Crippen LogP contribution in [0.2, 0.25) is 0 Å². The first-order chi connectivity index (χ1) is 8.67. The third-order valence-corrected chi connectivity index (χ3v) is 4.33. The van der Waals surface area contributed by atoms with Crippen LogP contribution in [-0.4, -0.2) is 17.7 Å². The standard InChI is InChI=1S/C16H25NO/c1-3-16(4-2,12-17-14-8-9-14)11-13-6-5-7-15(18)10-13/h5-7,10,14,17-18H,3-4,8-9,11-12H2,1-2H3. The molecular weight excluding hydrogens is 222 g/mol. The van der Waals surface area contributed by atoms with Crippen LogP contribution in [0.3, 0.4) is 0 Å². The number of aromatic hydroxyl groups is 1. The number of phenolic OH excluding ortho intramolecular Hbond substituents is 1. The van der Waals surface area contributed by atoms with Crippen LogP contribution in [-0.2, 0) is 6.42 Å². The molecule has 0 unspecified atom stereocenters. The lowest BCUT2D eigenvalue weighted by atomic mass is 9.77. The Kier molecular flexibility index (Phi) is 4.28. The molecule has 0 aliphatic heterocycles. The maximum atomic E-state index is 9.57. The van der Waals surface area contributed by atoms with Crippen molar-refractivity contribution in [2.45, 2.75) is 52.0 Å². The number of benzene rings is 1. The molecule has 0 saturated heterocycles. The number of hydrogen-bond donors (Lipinski definition) is 2. The van der Waals surface area contributed by atoms with Crippen molar-refractivity contribution in [3.63, 3.8) is 0 Å². The lowest BCUT2D eigenvalue weighted by Gasteiger charge is -2.32. The normalized spacial score (nSPS) is 15.9. The van der Waals surface area contributed by atoms with Crippen LogP contribution in [0.4, 0.5) is 0 Å². The van der Waals surface area contributed by atoms with E-state index in [0.717, 1.165) is 19.0 Å². The van der Waals surface area contributed by atoms with Crippen LogP contribution < -0.4 is 5.32 Å². The molecule has 0 atom stereocenters. The van der Waals surface area contributed by atoms with Gasteiger partial charge in [-0.05, 0) is 55.2 Å². The van der Waals surface area contributed by atoms with Gasteiger partial charge in [0.25, 0.3) is 0 Å². The average molecular weight is 247 g/mol. The highest BCUT2D eigenvalue weighted by Crippen LogP contribution is 2.32. The molecule has 0 aromatic heterocycles. The minimum Gasteiger partial charge on any atom is -0.508 e. The van der Waals surface area contributed by atoms with Crippen molar-refractivity contribution in [3.8, 4) is 5.75 Å². The first-order valence-electron chi connectivity index (χ1n) is 7.19. The van der Waals surface area contributed by atoms with Crippen molar-refractivity contribution in [2.75, 3.05) is 6.54 Å². The molecule has 1 aromatic carbocycles. The second-order valence-electron chi connectivity index (χ2n) is 5.71. The van der Waals surface area contributed by atoms with Crippen LogP contribution >= 0.6 is 0 Å². The predicted molar refractivity (Wildman–Crippen MR) is 75.9 cm³/mol. The summed E-state index contributed by atoms with van der Waals surface area (Å²) in [5.74, 6) is 0.378. The Bertz CT molecular complexity index is 380. The fraction of sp³-hybridized carbons (Fsp3) is 0.625.